The third kappa shape index (κ3) is 5.02. The molecule has 0 saturated carbocycles. The Morgan fingerprint density at radius 1 is 1.21 bits per heavy atom. The summed E-state index contributed by atoms with van der Waals surface area (Å²) in [5.41, 5.74) is 4.66. The molecule has 2 aliphatic heterocycles. The number of benzene rings is 2. The lowest BCUT2D eigenvalue weighted by molar-refractivity contribution is -0.122. The summed E-state index contributed by atoms with van der Waals surface area (Å²) >= 11 is 1.45. The van der Waals surface area contributed by atoms with Gasteiger partial charge in [0.2, 0.25) is 0 Å². The van der Waals surface area contributed by atoms with Crippen LogP contribution in [0.15, 0.2) is 58.4 Å². The minimum absolute atomic E-state index is 0.00908. The first-order valence-electron chi connectivity index (χ1n) is 11.5. The fourth-order valence-electron chi connectivity index (χ4n) is 4.61. The van der Waals surface area contributed by atoms with Crippen molar-refractivity contribution in [3.63, 3.8) is 0 Å². The first kappa shape index (κ1) is 23.6. The number of aliphatic imine (C=N–C) groups is 1. The zero-order chi connectivity index (χ0) is 23.6. The van der Waals surface area contributed by atoms with Crippen LogP contribution in [0.3, 0.4) is 0 Å². The summed E-state index contributed by atoms with van der Waals surface area (Å²) in [5.74, 6) is 0.479. The van der Waals surface area contributed by atoms with Crippen LogP contribution in [0, 0.1) is 0 Å². The Labute approximate surface area is 201 Å². The number of para-hydroxylation sites is 1. The molecular formula is C27H33N3O2S. The fourth-order valence-corrected chi connectivity index (χ4v) is 5.63. The largest absolute Gasteiger partial charge is 0.385 e. The number of carbonyl (C=O) groups excluding carboxylic acids is 1. The number of carbonyl (C=O) groups is 1. The number of hydrogen-bond acceptors (Lipinski definition) is 5. The first-order valence-corrected chi connectivity index (χ1v) is 12.3. The Kier molecular flexibility index (Phi) is 6.96. The lowest BCUT2D eigenvalue weighted by Gasteiger charge is -2.45. The number of amidine groups is 1. The van der Waals surface area contributed by atoms with Gasteiger partial charge in [0, 0.05) is 38.5 Å². The molecule has 4 rings (SSSR count). The van der Waals surface area contributed by atoms with Crippen molar-refractivity contribution in [2.75, 3.05) is 32.2 Å². The highest BCUT2D eigenvalue weighted by Gasteiger charge is 2.35. The van der Waals surface area contributed by atoms with Gasteiger partial charge in [-0.1, -0.05) is 31.2 Å². The Morgan fingerprint density at radius 2 is 1.97 bits per heavy atom. The van der Waals surface area contributed by atoms with Gasteiger partial charge in [-0.2, -0.15) is 0 Å². The van der Waals surface area contributed by atoms with E-state index in [1.165, 1.54) is 23.0 Å². The van der Waals surface area contributed by atoms with Crippen LogP contribution in [0.4, 0.5) is 11.4 Å². The number of nitrogens with zero attached hydrogens (tertiary/aromatic N) is 3. The highest BCUT2D eigenvalue weighted by molar-refractivity contribution is 8.18. The van der Waals surface area contributed by atoms with E-state index in [9.17, 15) is 4.79 Å². The number of methoxy groups -OCH3 is 1. The molecule has 1 unspecified atom stereocenters. The van der Waals surface area contributed by atoms with Gasteiger partial charge >= 0.3 is 0 Å². The van der Waals surface area contributed by atoms with Crippen molar-refractivity contribution in [1.29, 1.82) is 0 Å². The van der Waals surface area contributed by atoms with E-state index < -0.39 is 0 Å². The van der Waals surface area contributed by atoms with E-state index >= 15 is 0 Å². The van der Waals surface area contributed by atoms with Gasteiger partial charge in [-0.25, -0.2) is 4.99 Å². The Morgan fingerprint density at radius 3 is 2.70 bits per heavy atom. The second-order valence-electron chi connectivity index (χ2n) is 9.44. The lowest BCUT2D eigenvalue weighted by Crippen LogP contribution is -2.45. The molecule has 0 aromatic heterocycles. The van der Waals surface area contributed by atoms with Crippen LogP contribution in [0.25, 0.3) is 6.08 Å². The molecule has 1 fully saturated rings. The third-order valence-electron chi connectivity index (χ3n) is 6.55. The number of amides is 1. The lowest BCUT2D eigenvalue weighted by atomic mass is 9.80. The molecule has 33 heavy (non-hydrogen) atoms. The maximum atomic E-state index is 13.3. The number of hydrogen-bond donors (Lipinski definition) is 0. The van der Waals surface area contributed by atoms with Crippen molar-refractivity contribution < 1.29 is 9.53 Å². The molecule has 2 heterocycles. The molecular weight excluding hydrogens is 430 g/mol. The van der Waals surface area contributed by atoms with E-state index in [0.29, 0.717) is 24.0 Å². The van der Waals surface area contributed by atoms with Crippen LogP contribution in [0.1, 0.15) is 50.7 Å². The summed E-state index contributed by atoms with van der Waals surface area (Å²) in [5, 5.41) is 0.723. The molecule has 0 spiro atoms. The van der Waals surface area contributed by atoms with Crippen molar-refractivity contribution in [3.05, 3.63) is 64.6 Å². The fraction of sp³-hybridized carbons (Fsp3) is 0.407. The Bertz CT molecular complexity index is 1080. The van der Waals surface area contributed by atoms with Gasteiger partial charge in [-0.3, -0.25) is 9.69 Å². The molecule has 0 aliphatic carbocycles. The smallest absolute Gasteiger partial charge is 0.266 e. The molecule has 0 bridgehead atoms. The summed E-state index contributed by atoms with van der Waals surface area (Å²) in [7, 11) is 3.85. The summed E-state index contributed by atoms with van der Waals surface area (Å²) in [4.78, 5) is 22.9. The second kappa shape index (κ2) is 9.74. The highest BCUT2D eigenvalue weighted by atomic mass is 32.2. The first-order chi connectivity index (χ1) is 15.8. The van der Waals surface area contributed by atoms with E-state index in [0.717, 1.165) is 29.3 Å². The molecule has 0 N–H and O–H groups in total. The maximum absolute atomic E-state index is 13.3. The van der Waals surface area contributed by atoms with Crippen molar-refractivity contribution in [2.45, 2.75) is 45.1 Å². The van der Waals surface area contributed by atoms with Crippen LogP contribution in [0.2, 0.25) is 0 Å². The van der Waals surface area contributed by atoms with E-state index in [2.05, 4.69) is 50.9 Å². The van der Waals surface area contributed by atoms with Gasteiger partial charge in [0.15, 0.2) is 5.17 Å². The summed E-state index contributed by atoms with van der Waals surface area (Å²) < 4.78 is 5.20. The molecule has 2 aliphatic rings. The van der Waals surface area contributed by atoms with Crippen LogP contribution in [-0.2, 0) is 9.53 Å². The minimum atomic E-state index is 0.00908. The quantitative estimate of drug-likeness (QED) is 0.386. The van der Waals surface area contributed by atoms with E-state index in [4.69, 9.17) is 9.73 Å². The second-order valence-corrected chi connectivity index (χ2v) is 10.4. The molecule has 6 heteroatoms. The average Bonchev–Trinajstić information content (AvgIpc) is 3.07. The highest BCUT2D eigenvalue weighted by Crippen LogP contribution is 2.43. The van der Waals surface area contributed by atoms with Crippen molar-refractivity contribution in [2.24, 2.45) is 4.99 Å². The summed E-state index contributed by atoms with van der Waals surface area (Å²) in [6, 6.07) is 16.3. The normalized spacial score (nSPS) is 22.3. The number of thioether (sulfide) groups is 1. The molecule has 2 aromatic carbocycles. The summed E-state index contributed by atoms with van der Waals surface area (Å²) in [6.07, 6.45) is 3.88. The van der Waals surface area contributed by atoms with Crippen molar-refractivity contribution in [3.8, 4) is 0 Å². The zero-order valence-corrected chi connectivity index (χ0v) is 21.0. The number of fused-ring (bicyclic) bond motifs is 1. The Balaban J connectivity index is 1.64. The topological polar surface area (TPSA) is 45.1 Å². The monoisotopic (exact) mass is 463 g/mol. The molecule has 1 amide bonds. The van der Waals surface area contributed by atoms with Gasteiger partial charge in [-0.05, 0) is 85.8 Å². The third-order valence-corrected chi connectivity index (χ3v) is 7.56. The number of anilines is 1. The predicted molar refractivity (Wildman–Crippen MR) is 139 cm³/mol. The maximum Gasteiger partial charge on any atom is 0.266 e. The molecule has 174 valence electrons. The molecule has 2 aromatic rings. The van der Waals surface area contributed by atoms with Crippen molar-refractivity contribution >= 4 is 40.3 Å². The van der Waals surface area contributed by atoms with Crippen LogP contribution in [-0.4, -0.2) is 48.8 Å². The molecule has 1 atom stereocenters. The van der Waals surface area contributed by atoms with Crippen LogP contribution >= 0.6 is 11.8 Å². The predicted octanol–water partition coefficient (Wildman–Crippen LogP) is 6.05. The molecule has 1 saturated heterocycles. The standard InChI is InChI=1S/C27H33N3O2S/c1-19-18-27(2,3)29(4)23-13-12-20(16-22(19)23)17-24-25(31)30(14-9-15-32-5)26(33-24)28-21-10-7-6-8-11-21/h6-8,10-13,16-17,19H,9,14-15,18H2,1-5H3/b24-17-,28-26?. The van der Waals surface area contributed by atoms with Gasteiger partial charge in [0.25, 0.3) is 5.91 Å². The van der Waals surface area contributed by atoms with Gasteiger partial charge in [0.05, 0.1) is 10.6 Å². The molecule has 5 nitrogen and oxygen atoms in total. The van der Waals surface area contributed by atoms with Gasteiger partial charge in [-0.15, -0.1) is 0 Å². The van der Waals surface area contributed by atoms with Gasteiger partial charge in [0.1, 0.15) is 0 Å². The molecule has 0 radical (unpaired) electrons. The van der Waals surface area contributed by atoms with Crippen LogP contribution in [0.5, 0.6) is 0 Å². The van der Waals surface area contributed by atoms with Crippen LogP contribution < -0.4 is 4.90 Å². The van der Waals surface area contributed by atoms with E-state index in [1.54, 1.807) is 12.0 Å². The number of rotatable bonds is 6. The van der Waals surface area contributed by atoms with Gasteiger partial charge < -0.3 is 9.64 Å². The van der Waals surface area contributed by atoms with E-state index in [-0.39, 0.29) is 11.4 Å². The number of ether oxygens (including phenoxy) is 1. The zero-order valence-electron chi connectivity index (χ0n) is 20.2. The SMILES string of the molecule is COCCCN1C(=O)/C(=C/c2ccc3c(c2)C(C)CC(C)(C)N3C)SC1=Nc1ccccc1. The van der Waals surface area contributed by atoms with Crippen molar-refractivity contribution in [1.82, 2.24) is 4.90 Å². The van der Waals surface area contributed by atoms with E-state index in [1.807, 2.05) is 36.4 Å². The Hall–Kier alpha value is -2.57. The minimum Gasteiger partial charge on any atom is -0.385 e. The average molecular weight is 464 g/mol. The summed E-state index contributed by atoms with van der Waals surface area (Å²) in [6.45, 7) is 8.08.